The van der Waals surface area contributed by atoms with Crippen molar-refractivity contribution in [3.8, 4) is 44.5 Å². The van der Waals surface area contributed by atoms with Gasteiger partial charge in [0.15, 0.2) is 0 Å². The maximum absolute atomic E-state index is 2.50. The number of fused-ring (bicyclic) bond motifs is 4. The first-order valence-electron chi connectivity index (χ1n) is 24.9. The number of benzene rings is 10. The van der Waals surface area contributed by atoms with Crippen molar-refractivity contribution in [3.63, 3.8) is 0 Å². The number of rotatable bonds is 10. The van der Waals surface area contributed by atoms with E-state index in [9.17, 15) is 0 Å². The first kappa shape index (κ1) is 42.4. The van der Waals surface area contributed by atoms with Gasteiger partial charge in [0.05, 0.1) is 0 Å². The Bertz CT molecular complexity index is 3380. The smallest absolute Gasteiger partial charge is 0.0488 e. The normalized spacial score (nSPS) is 14.0. The summed E-state index contributed by atoms with van der Waals surface area (Å²) in [5, 5.41) is 2.42. The Labute approximate surface area is 407 Å². The van der Waals surface area contributed by atoms with Gasteiger partial charge in [-0.15, -0.1) is 0 Å². The highest BCUT2D eigenvalue weighted by atomic mass is 15.2. The van der Waals surface area contributed by atoms with Crippen molar-refractivity contribution >= 4 is 44.9 Å². The minimum Gasteiger partial charge on any atom is -0.310 e. The minimum absolute atomic E-state index is 0.170. The van der Waals surface area contributed by atoms with Crippen LogP contribution in [0.5, 0.6) is 0 Å². The SMILES string of the molecule is CC1(C)c2ccccc2-c2ccc(N(c3cc(-c4c(-c5ccccc5)cccc4-c4ccccc4)cc(N(c4ccccc4)c4ccc(C5CCCCC5)cc4)c3)c3ccc4ccccc4c3)cc21. The molecule has 1 fully saturated rings. The van der Waals surface area contributed by atoms with Crippen LogP contribution in [-0.4, -0.2) is 0 Å². The Balaban J connectivity index is 1.14. The van der Waals surface area contributed by atoms with Crippen LogP contribution in [0.15, 0.2) is 237 Å². The second-order valence-electron chi connectivity index (χ2n) is 19.6. The van der Waals surface area contributed by atoms with Gasteiger partial charge in [0.1, 0.15) is 0 Å². The average Bonchev–Trinajstić information content (AvgIpc) is 3.64. The summed E-state index contributed by atoms with van der Waals surface area (Å²) in [4.78, 5) is 4.97. The lowest BCUT2D eigenvalue weighted by Crippen LogP contribution is -2.17. The van der Waals surface area contributed by atoms with Gasteiger partial charge in [-0.1, -0.05) is 203 Å². The molecule has 0 aliphatic heterocycles. The van der Waals surface area contributed by atoms with E-state index in [1.807, 2.05) is 0 Å². The molecule has 2 nitrogen and oxygen atoms in total. The summed E-state index contributed by atoms with van der Waals surface area (Å²) in [6.07, 6.45) is 6.52. The molecule has 0 aromatic heterocycles. The standard InChI is InChI=1S/C67H56N2/c1-67(2)64-33-18-17-30-62(64)63-41-40-57(46-65(63)67)69(56-39-36-48-22-15-16-27-52(48)42-56)59-44-53(66-60(50-23-9-4-10-24-50)31-19-32-61(66)51-25-11-5-12-26-51)43-58(45-59)68(54-28-13-6-14-29-54)55-37-34-49(35-38-55)47-20-7-3-8-21-47/h4-6,9-19,22-47H,3,7-8,20-21H2,1-2H3. The number of nitrogens with zero attached hydrogens (tertiary/aromatic N) is 2. The fourth-order valence-corrected chi connectivity index (χ4v) is 11.5. The first-order valence-corrected chi connectivity index (χ1v) is 24.9. The van der Waals surface area contributed by atoms with Gasteiger partial charge >= 0.3 is 0 Å². The van der Waals surface area contributed by atoms with Gasteiger partial charge in [-0.25, -0.2) is 0 Å². The van der Waals surface area contributed by atoms with Crippen molar-refractivity contribution in [1.82, 2.24) is 0 Å². The summed E-state index contributed by atoms with van der Waals surface area (Å²) in [5.41, 5.74) is 20.3. The van der Waals surface area contributed by atoms with Crippen molar-refractivity contribution in [1.29, 1.82) is 0 Å². The number of hydrogen-bond donors (Lipinski definition) is 0. The summed E-state index contributed by atoms with van der Waals surface area (Å²) in [6.45, 7) is 4.76. The maximum atomic E-state index is 2.50. The Kier molecular flexibility index (Phi) is 11.0. The second kappa shape index (κ2) is 17.9. The Hall–Kier alpha value is -7.94. The Morgan fingerprint density at radius 2 is 0.841 bits per heavy atom. The van der Waals surface area contributed by atoms with Gasteiger partial charge in [-0.05, 0) is 157 Å². The van der Waals surface area contributed by atoms with Crippen LogP contribution < -0.4 is 9.80 Å². The Morgan fingerprint density at radius 1 is 0.333 bits per heavy atom. The molecule has 0 heterocycles. The first-order chi connectivity index (χ1) is 34.0. The highest BCUT2D eigenvalue weighted by Gasteiger charge is 2.36. The summed E-state index contributed by atoms with van der Waals surface area (Å²) in [5.74, 6) is 0.624. The van der Waals surface area contributed by atoms with Crippen molar-refractivity contribution in [2.24, 2.45) is 0 Å². The van der Waals surface area contributed by atoms with Crippen molar-refractivity contribution in [2.45, 2.75) is 57.3 Å². The highest BCUT2D eigenvalue weighted by Crippen LogP contribution is 2.52. The summed E-state index contributed by atoms with van der Waals surface area (Å²) in [6, 6.07) is 88.1. The van der Waals surface area contributed by atoms with Gasteiger partial charge in [-0.3, -0.25) is 0 Å². The molecule has 0 saturated heterocycles. The van der Waals surface area contributed by atoms with E-state index >= 15 is 0 Å². The van der Waals surface area contributed by atoms with Crippen LogP contribution in [0.4, 0.5) is 34.1 Å². The summed E-state index contributed by atoms with van der Waals surface area (Å²) < 4.78 is 0. The average molecular weight is 889 g/mol. The highest BCUT2D eigenvalue weighted by molar-refractivity contribution is 5.99. The van der Waals surface area contributed by atoms with Gasteiger partial charge in [0, 0.05) is 39.5 Å². The predicted molar refractivity (Wildman–Crippen MR) is 293 cm³/mol. The predicted octanol–water partition coefficient (Wildman–Crippen LogP) is 19.1. The zero-order valence-electron chi connectivity index (χ0n) is 39.5. The van der Waals surface area contributed by atoms with Crippen LogP contribution in [0, 0.1) is 0 Å². The molecule has 2 heteroatoms. The van der Waals surface area contributed by atoms with Crippen LogP contribution >= 0.6 is 0 Å². The zero-order chi connectivity index (χ0) is 46.3. The minimum atomic E-state index is -0.170. The number of para-hydroxylation sites is 1. The lowest BCUT2D eigenvalue weighted by molar-refractivity contribution is 0.443. The van der Waals surface area contributed by atoms with Crippen molar-refractivity contribution < 1.29 is 0 Å². The number of hydrogen-bond acceptors (Lipinski definition) is 2. The van der Waals surface area contributed by atoms with E-state index in [-0.39, 0.29) is 5.41 Å². The molecule has 0 spiro atoms. The summed E-state index contributed by atoms with van der Waals surface area (Å²) in [7, 11) is 0. The largest absolute Gasteiger partial charge is 0.310 e. The molecule has 334 valence electrons. The lowest BCUT2D eigenvalue weighted by Gasteiger charge is -2.32. The zero-order valence-corrected chi connectivity index (χ0v) is 39.5. The molecule has 0 bridgehead atoms. The van der Waals surface area contributed by atoms with E-state index in [4.69, 9.17) is 0 Å². The topological polar surface area (TPSA) is 6.48 Å². The quantitative estimate of drug-likeness (QED) is 0.135. The van der Waals surface area contributed by atoms with Crippen molar-refractivity contribution in [3.05, 3.63) is 253 Å². The third-order valence-corrected chi connectivity index (χ3v) is 15.0. The fourth-order valence-electron chi connectivity index (χ4n) is 11.5. The number of anilines is 6. The van der Waals surface area contributed by atoms with Gasteiger partial charge < -0.3 is 9.80 Å². The molecule has 0 atom stereocenters. The molecule has 0 N–H and O–H groups in total. The molecule has 0 amide bonds. The van der Waals surface area contributed by atoms with Crippen molar-refractivity contribution in [2.75, 3.05) is 9.80 Å². The molecular weight excluding hydrogens is 833 g/mol. The third-order valence-electron chi connectivity index (χ3n) is 15.0. The van der Waals surface area contributed by atoms with Gasteiger partial charge in [-0.2, -0.15) is 0 Å². The van der Waals surface area contributed by atoms with E-state index in [1.54, 1.807) is 0 Å². The monoisotopic (exact) mass is 888 g/mol. The molecule has 10 aromatic rings. The maximum Gasteiger partial charge on any atom is 0.0488 e. The van der Waals surface area contributed by atoms with Crippen LogP contribution in [0.1, 0.15) is 68.6 Å². The molecule has 0 unspecified atom stereocenters. The molecule has 12 rings (SSSR count). The van der Waals surface area contributed by atoms with Crippen LogP contribution in [0.2, 0.25) is 0 Å². The van der Waals surface area contributed by atoms with E-state index in [1.165, 1.54) is 98.5 Å². The molecule has 1 saturated carbocycles. The van der Waals surface area contributed by atoms with Crippen LogP contribution in [0.25, 0.3) is 55.3 Å². The lowest BCUT2D eigenvalue weighted by atomic mass is 9.82. The van der Waals surface area contributed by atoms with Crippen LogP contribution in [0.3, 0.4) is 0 Å². The van der Waals surface area contributed by atoms with E-state index < -0.39 is 0 Å². The molecule has 2 aliphatic rings. The van der Waals surface area contributed by atoms with E-state index in [0.29, 0.717) is 5.92 Å². The van der Waals surface area contributed by atoms with E-state index in [0.717, 1.165) is 39.7 Å². The molecule has 0 radical (unpaired) electrons. The summed E-state index contributed by atoms with van der Waals surface area (Å²) >= 11 is 0. The molecule has 10 aromatic carbocycles. The van der Waals surface area contributed by atoms with Crippen LogP contribution in [-0.2, 0) is 5.41 Å². The Morgan fingerprint density at radius 3 is 1.52 bits per heavy atom. The van der Waals surface area contributed by atoms with E-state index in [2.05, 4.69) is 260 Å². The van der Waals surface area contributed by atoms with Gasteiger partial charge in [0.2, 0.25) is 0 Å². The molecular formula is C67H56N2. The molecule has 2 aliphatic carbocycles. The van der Waals surface area contributed by atoms with Gasteiger partial charge in [0.25, 0.3) is 0 Å². The second-order valence-corrected chi connectivity index (χ2v) is 19.6. The fraction of sp³-hybridized carbons (Fsp3) is 0.134. The third kappa shape index (κ3) is 7.90. The molecule has 69 heavy (non-hydrogen) atoms.